The largest absolute Gasteiger partial charge is 0.348 e. The van der Waals surface area contributed by atoms with Crippen LogP contribution in [0.4, 0.5) is 0 Å². The SMILES string of the molecule is Cc1[nH]cnc1CC#N.Cl. The third-order valence-electron chi connectivity index (χ3n) is 1.18. The first-order chi connectivity index (χ1) is 4.34. The second-order valence-corrected chi connectivity index (χ2v) is 1.81. The molecule has 1 N–H and O–H groups in total. The zero-order valence-corrected chi connectivity index (χ0v) is 6.40. The number of H-pyrrole nitrogens is 1. The number of rotatable bonds is 1. The van der Waals surface area contributed by atoms with Gasteiger partial charge in [-0.1, -0.05) is 0 Å². The molecule has 4 heteroatoms. The molecule has 0 unspecified atom stereocenters. The van der Waals surface area contributed by atoms with Crippen LogP contribution in [0.1, 0.15) is 11.4 Å². The third-order valence-corrected chi connectivity index (χ3v) is 1.18. The standard InChI is InChI=1S/C6H7N3.ClH/c1-5-6(2-3-7)9-4-8-5;/h4H,2H2,1H3,(H,8,9);1H. The van der Waals surface area contributed by atoms with Gasteiger partial charge in [-0.15, -0.1) is 12.4 Å². The Hall–Kier alpha value is -1.01. The van der Waals surface area contributed by atoms with E-state index in [-0.39, 0.29) is 12.4 Å². The van der Waals surface area contributed by atoms with Gasteiger partial charge in [0.1, 0.15) is 0 Å². The fraction of sp³-hybridized carbons (Fsp3) is 0.333. The van der Waals surface area contributed by atoms with Gasteiger partial charge in [-0.05, 0) is 6.92 Å². The van der Waals surface area contributed by atoms with E-state index in [0.717, 1.165) is 11.4 Å². The third kappa shape index (κ3) is 1.74. The molecule has 0 bridgehead atoms. The number of halogens is 1. The Morgan fingerprint density at radius 1 is 1.80 bits per heavy atom. The fourth-order valence-corrected chi connectivity index (χ4v) is 0.640. The molecule has 0 radical (unpaired) electrons. The maximum atomic E-state index is 8.26. The molecule has 1 rings (SSSR count). The fourth-order valence-electron chi connectivity index (χ4n) is 0.640. The van der Waals surface area contributed by atoms with E-state index in [1.807, 2.05) is 13.0 Å². The molecule has 0 saturated heterocycles. The highest BCUT2D eigenvalue weighted by Crippen LogP contribution is 1.99. The Morgan fingerprint density at radius 2 is 2.50 bits per heavy atom. The summed E-state index contributed by atoms with van der Waals surface area (Å²) >= 11 is 0. The van der Waals surface area contributed by atoms with E-state index in [1.165, 1.54) is 0 Å². The molecule has 0 atom stereocenters. The van der Waals surface area contributed by atoms with Gasteiger partial charge < -0.3 is 4.98 Å². The lowest BCUT2D eigenvalue weighted by atomic mass is 10.3. The summed E-state index contributed by atoms with van der Waals surface area (Å²) in [5.41, 5.74) is 1.83. The van der Waals surface area contributed by atoms with Crippen LogP contribution in [-0.4, -0.2) is 9.97 Å². The Kier molecular flexibility index (Phi) is 3.52. The summed E-state index contributed by atoms with van der Waals surface area (Å²) in [6, 6.07) is 2.03. The van der Waals surface area contributed by atoms with Crippen molar-refractivity contribution in [2.75, 3.05) is 0 Å². The van der Waals surface area contributed by atoms with Gasteiger partial charge in [-0.25, -0.2) is 4.98 Å². The van der Waals surface area contributed by atoms with Crippen molar-refractivity contribution >= 4 is 12.4 Å². The number of aromatic nitrogens is 2. The molecule has 1 aromatic heterocycles. The normalized spacial score (nSPS) is 8.00. The van der Waals surface area contributed by atoms with E-state index in [2.05, 4.69) is 9.97 Å². The first kappa shape index (κ1) is 8.99. The molecule has 0 aliphatic heterocycles. The molecule has 3 nitrogen and oxygen atoms in total. The molecular weight excluding hydrogens is 150 g/mol. The zero-order chi connectivity index (χ0) is 6.69. The maximum absolute atomic E-state index is 8.26. The Morgan fingerprint density at radius 3 is 2.90 bits per heavy atom. The molecule has 0 amide bonds. The maximum Gasteiger partial charge on any atom is 0.0925 e. The van der Waals surface area contributed by atoms with Crippen LogP contribution in [0.2, 0.25) is 0 Å². The van der Waals surface area contributed by atoms with Gasteiger partial charge in [0, 0.05) is 5.69 Å². The van der Waals surface area contributed by atoms with E-state index in [4.69, 9.17) is 5.26 Å². The van der Waals surface area contributed by atoms with Gasteiger partial charge in [-0.2, -0.15) is 5.26 Å². The summed E-state index contributed by atoms with van der Waals surface area (Å²) in [6.07, 6.45) is 2.00. The van der Waals surface area contributed by atoms with Crippen molar-refractivity contribution in [1.29, 1.82) is 5.26 Å². The van der Waals surface area contributed by atoms with Crippen LogP contribution in [0.15, 0.2) is 6.33 Å². The van der Waals surface area contributed by atoms with Gasteiger partial charge in [0.05, 0.1) is 24.5 Å². The smallest absolute Gasteiger partial charge is 0.0925 e. The second-order valence-electron chi connectivity index (χ2n) is 1.81. The predicted molar refractivity (Wildman–Crippen MR) is 39.9 cm³/mol. The number of aryl methyl sites for hydroxylation is 1. The predicted octanol–water partition coefficient (Wildman–Crippen LogP) is 1.21. The van der Waals surface area contributed by atoms with E-state index in [0.29, 0.717) is 6.42 Å². The van der Waals surface area contributed by atoms with E-state index >= 15 is 0 Å². The highest BCUT2D eigenvalue weighted by atomic mass is 35.5. The molecule has 0 aliphatic rings. The average molecular weight is 158 g/mol. The minimum absolute atomic E-state index is 0. The quantitative estimate of drug-likeness (QED) is 0.666. The summed E-state index contributed by atoms with van der Waals surface area (Å²) in [5, 5.41) is 8.26. The summed E-state index contributed by atoms with van der Waals surface area (Å²) in [4.78, 5) is 6.82. The monoisotopic (exact) mass is 157 g/mol. The topological polar surface area (TPSA) is 52.5 Å². The number of imidazole rings is 1. The Labute approximate surface area is 65.5 Å². The van der Waals surface area contributed by atoms with Crippen LogP contribution in [0.5, 0.6) is 0 Å². The minimum Gasteiger partial charge on any atom is -0.348 e. The van der Waals surface area contributed by atoms with Crippen molar-refractivity contribution in [2.45, 2.75) is 13.3 Å². The molecule has 54 valence electrons. The van der Waals surface area contributed by atoms with Gasteiger partial charge in [0.25, 0.3) is 0 Å². The van der Waals surface area contributed by atoms with Crippen LogP contribution in [-0.2, 0) is 6.42 Å². The van der Waals surface area contributed by atoms with Crippen LogP contribution in [0, 0.1) is 18.3 Å². The Balaban J connectivity index is 0.000000810. The summed E-state index contributed by atoms with van der Waals surface area (Å²) in [6.45, 7) is 1.90. The van der Waals surface area contributed by atoms with Gasteiger partial charge >= 0.3 is 0 Å². The Bertz CT molecular complexity index is 235. The van der Waals surface area contributed by atoms with Gasteiger partial charge in [-0.3, -0.25) is 0 Å². The summed E-state index contributed by atoms with van der Waals surface area (Å²) in [5.74, 6) is 0. The molecule has 0 fully saturated rings. The van der Waals surface area contributed by atoms with Crippen LogP contribution < -0.4 is 0 Å². The first-order valence-corrected chi connectivity index (χ1v) is 2.70. The zero-order valence-electron chi connectivity index (χ0n) is 5.59. The van der Waals surface area contributed by atoms with Gasteiger partial charge in [0.15, 0.2) is 0 Å². The number of hydrogen-bond acceptors (Lipinski definition) is 2. The van der Waals surface area contributed by atoms with Crippen molar-refractivity contribution in [3.05, 3.63) is 17.7 Å². The van der Waals surface area contributed by atoms with Crippen LogP contribution in [0.25, 0.3) is 0 Å². The highest BCUT2D eigenvalue weighted by Gasteiger charge is 1.96. The number of nitrogens with one attached hydrogen (secondary N) is 1. The highest BCUT2D eigenvalue weighted by molar-refractivity contribution is 5.85. The lowest BCUT2D eigenvalue weighted by molar-refractivity contribution is 1.12. The second kappa shape index (κ2) is 3.91. The molecule has 1 heterocycles. The lowest BCUT2D eigenvalue weighted by Gasteiger charge is -1.84. The van der Waals surface area contributed by atoms with E-state index in [1.54, 1.807) is 6.33 Å². The minimum atomic E-state index is 0. The summed E-state index contributed by atoms with van der Waals surface area (Å²) < 4.78 is 0. The summed E-state index contributed by atoms with van der Waals surface area (Å²) in [7, 11) is 0. The van der Waals surface area contributed by atoms with Crippen molar-refractivity contribution in [1.82, 2.24) is 9.97 Å². The molecule has 0 spiro atoms. The molecule has 10 heavy (non-hydrogen) atoms. The van der Waals surface area contributed by atoms with Crippen molar-refractivity contribution in [3.63, 3.8) is 0 Å². The van der Waals surface area contributed by atoms with Crippen LogP contribution >= 0.6 is 12.4 Å². The van der Waals surface area contributed by atoms with E-state index in [9.17, 15) is 0 Å². The lowest BCUT2D eigenvalue weighted by Crippen LogP contribution is -1.83. The average Bonchev–Trinajstić information content (AvgIpc) is 2.18. The first-order valence-electron chi connectivity index (χ1n) is 2.70. The number of nitrogens with zero attached hydrogens (tertiary/aromatic N) is 2. The molecular formula is C6H8ClN3. The van der Waals surface area contributed by atoms with Crippen molar-refractivity contribution in [2.24, 2.45) is 0 Å². The molecule has 0 aliphatic carbocycles. The van der Waals surface area contributed by atoms with Gasteiger partial charge in [0.2, 0.25) is 0 Å². The van der Waals surface area contributed by atoms with Crippen LogP contribution in [0.3, 0.4) is 0 Å². The number of nitriles is 1. The molecule has 1 aromatic rings. The number of aromatic amines is 1. The molecule has 0 saturated carbocycles. The number of hydrogen-bond donors (Lipinski definition) is 1. The van der Waals surface area contributed by atoms with Crippen molar-refractivity contribution in [3.8, 4) is 6.07 Å². The molecule has 0 aromatic carbocycles. The van der Waals surface area contributed by atoms with Crippen molar-refractivity contribution < 1.29 is 0 Å². The van der Waals surface area contributed by atoms with E-state index < -0.39 is 0 Å².